The minimum absolute atomic E-state index is 0.673. The lowest BCUT2D eigenvalue weighted by Crippen LogP contribution is -2.54. The molecule has 0 fully saturated rings. The topological polar surface area (TPSA) is 264 Å². The number of aliphatic hydroxyl groups is 2. The fourth-order valence-electron chi connectivity index (χ4n) is 3.29. The molecule has 15 heteroatoms. The van der Waals surface area contributed by atoms with E-state index in [1.54, 1.807) is 0 Å². The second kappa shape index (κ2) is 9.63. The molecule has 0 aliphatic carbocycles. The van der Waals surface area contributed by atoms with Gasteiger partial charge in [0, 0.05) is 0 Å². The SMILES string of the molecule is O=C(O)CC(O)(C(=O)O)C(C(=O)O)c1cccc[si]1C(C(=O)O)C(O)(CC(=O)O)C(=O)O. The van der Waals surface area contributed by atoms with Crippen molar-refractivity contribution in [3.8, 4) is 0 Å². The van der Waals surface area contributed by atoms with E-state index in [1.807, 2.05) is 0 Å². The van der Waals surface area contributed by atoms with Crippen molar-refractivity contribution in [2.75, 3.05) is 0 Å². The fourth-order valence-corrected chi connectivity index (χ4v) is 6.32. The summed E-state index contributed by atoms with van der Waals surface area (Å²) in [5.41, 5.74) is -8.45. The summed E-state index contributed by atoms with van der Waals surface area (Å²) < 4.78 is 0. The lowest BCUT2D eigenvalue weighted by molar-refractivity contribution is -0.173. The highest BCUT2D eigenvalue weighted by Crippen LogP contribution is 2.36. The van der Waals surface area contributed by atoms with Crippen molar-refractivity contribution in [3.05, 3.63) is 29.1 Å². The highest BCUT2D eigenvalue weighted by atomic mass is 28.2. The molecule has 32 heavy (non-hydrogen) atoms. The van der Waals surface area contributed by atoms with E-state index in [-0.39, 0.29) is 0 Å². The molecule has 1 rings (SSSR count). The smallest absolute Gasteiger partial charge is 0.337 e. The van der Waals surface area contributed by atoms with Crippen LogP contribution in [-0.2, 0) is 28.8 Å². The molecule has 1 aromatic heterocycles. The molecule has 0 bridgehead atoms. The van der Waals surface area contributed by atoms with Crippen LogP contribution < -0.4 is 0 Å². The van der Waals surface area contributed by atoms with E-state index < -0.39 is 84.9 Å². The van der Waals surface area contributed by atoms with Gasteiger partial charge in [0.25, 0.3) is 0 Å². The van der Waals surface area contributed by atoms with Gasteiger partial charge < -0.3 is 40.9 Å². The van der Waals surface area contributed by atoms with Crippen molar-refractivity contribution in [2.24, 2.45) is 0 Å². The van der Waals surface area contributed by atoms with Crippen LogP contribution in [0.25, 0.3) is 0 Å². The highest BCUT2D eigenvalue weighted by Gasteiger charge is 2.56. The summed E-state index contributed by atoms with van der Waals surface area (Å²) in [7, 11) is -3.31. The molecular weight excluding hydrogens is 456 g/mol. The third-order valence-electron chi connectivity index (χ3n) is 4.65. The molecule has 8 N–H and O–H groups in total. The quantitative estimate of drug-likeness (QED) is 0.154. The average molecular weight is 474 g/mol. The monoisotopic (exact) mass is 474 g/mol. The standard InChI is InChI=1S/C17H18O14Si/c18-8(19)5-16(30,14(26)27)10(12(22)23)7-3-1-2-4-32(7)11(13(24)25)17(31,15(28)29)6-9(20)21/h1-4,10-11,30-31H,5-6H2,(H,18,19)(H,20,21)(H,22,23)(H,24,25)(H,26,27)(H,28,29). The van der Waals surface area contributed by atoms with Crippen molar-refractivity contribution in [1.82, 2.24) is 0 Å². The van der Waals surface area contributed by atoms with E-state index >= 15 is 0 Å². The van der Waals surface area contributed by atoms with Crippen LogP contribution in [0.4, 0.5) is 0 Å². The average Bonchev–Trinajstić information content (AvgIpc) is 2.61. The maximum Gasteiger partial charge on any atom is 0.337 e. The summed E-state index contributed by atoms with van der Waals surface area (Å²) in [5.74, 6) is -15.0. The second-order valence-corrected chi connectivity index (χ2v) is 9.17. The van der Waals surface area contributed by atoms with Crippen LogP contribution in [0.3, 0.4) is 0 Å². The zero-order chi connectivity index (χ0) is 25.0. The van der Waals surface area contributed by atoms with E-state index in [0.717, 1.165) is 23.9 Å². The highest BCUT2D eigenvalue weighted by molar-refractivity contribution is 6.59. The van der Waals surface area contributed by atoms with Crippen LogP contribution in [-0.4, -0.2) is 96.3 Å². The number of rotatable bonds is 12. The molecule has 0 aliphatic rings. The molecule has 174 valence electrons. The van der Waals surface area contributed by atoms with Gasteiger partial charge in [-0.1, -0.05) is 23.9 Å². The Kier molecular flexibility index (Phi) is 7.92. The fraction of sp³-hybridized carbons (Fsp3) is 0.353. The normalized spacial score (nSPS) is 16.6. The number of carboxylic acid groups (broad SMARTS) is 6. The molecule has 1 heterocycles. The minimum atomic E-state index is -3.49. The Labute approximate surface area is 179 Å². The van der Waals surface area contributed by atoms with Crippen LogP contribution in [0.15, 0.2) is 23.9 Å². The molecule has 4 atom stereocenters. The molecule has 0 aromatic carbocycles. The molecule has 0 aliphatic heterocycles. The number of aliphatic carboxylic acids is 6. The lowest BCUT2D eigenvalue weighted by Gasteiger charge is -2.33. The first-order valence-corrected chi connectivity index (χ1v) is 10.1. The summed E-state index contributed by atoms with van der Waals surface area (Å²) in [6.45, 7) is 0. The molecule has 0 spiro atoms. The van der Waals surface area contributed by atoms with Gasteiger partial charge in [-0.05, 0) is 5.17 Å². The minimum Gasteiger partial charge on any atom is -0.481 e. The summed E-state index contributed by atoms with van der Waals surface area (Å²) >= 11 is 0. The molecule has 0 saturated carbocycles. The summed E-state index contributed by atoms with van der Waals surface area (Å²) in [4.78, 5) is 69.4. The second-order valence-electron chi connectivity index (χ2n) is 6.77. The maximum absolute atomic E-state index is 11.9. The van der Waals surface area contributed by atoms with Gasteiger partial charge in [-0.2, -0.15) is 0 Å². The first-order valence-electron chi connectivity index (χ1n) is 8.49. The first-order chi connectivity index (χ1) is 14.6. The van der Waals surface area contributed by atoms with E-state index in [0.29, 0.717) is 0 Å². The molecule has 4 unspecified atom stereocenters. The van der Waals surface area contributed by atoms with Crippen LogP contribution >= 0.6 is 0 Å². The van der Waals surface area contributed by atoms with Gasteiger partial charge in [0.05, 0.1) is 21.2 Å². The van der Waals surface area contributed by atoms with Gasteiger partial charge in [0.15, 0.2) is 11.2 Å². The number of carboxylic acids is 6. The van der Waals surface area contributed by atoms with Crippen LogP contribution in [0.1, 0.15) is 29.5 Å². The van der Waals surface area contributed by atoms with Crippen molar-refractivity contribution < 1.29 is 69.6 Å². The van der Waals surface area contributed by atoms with Gasteiger partial charge in [0.2, 0.25) is 0 Å². The van der Waals surface area contributed by atoms with Crippen molar-refractivity contribution in [3.63, 3.8) is 0 Å². The Bertz CT molecular complexity index is 897. The predicted octanol–water partition coefficient (Wildman–Crippen LogP) is -1.91. The summed E-state index contributed by atoms with van der Waals surface area (Å²) in [6.07, 6.45) is -3.22. The molecular formula is C17H18O14Si. The maximum atomic E-state index is 11.9. The van der Waals surface area contributed by atoms with E-state index in [1.165, 1.54) is 0 Å². The number of carbonyl (C=O) groups is 6. The Hall–Kier alpha value is -3.69. The molecule has 0 radical (unpaired) electrons. The zero-order valence-electron chi connectivity index (χ0n) is 15.9. The van der Waals surface area contributed by atoms with Gasteiger partial charge in [-0.15, -0.1) is 0 Å². The Balaban J connectivity index is 3.97. The van der Waals surface area contributed by atoms with E-state index in [9.17, 15) is 59.4 Å². The van der Waals surface area contributed by atoms with Crippen LogP contribution in [0, 0.1) is 0 Å². The van der Waals surface area contributed by atoms with Crippen molar-refractivity contribution in [1.29, 1.82) is 0 Å². The summed E-state index contributed by atoms with van der Waals surface area (Å²) in [6, 6.07) is 3.09. The predicted molar refractivity (Wildman–Crippen MR) is 99.1 cm³/mol. The van der Waals surface area contributed by atoms with Crippen molar-refractivity contribution >= 4 is 44.2 Å². The van der Waals surface area contributed by atoms with Gasteiger partial charge in [0.1, 0.15) is 11.5 Å². The molecule has 0 amide bonds. The molecule has 1 aromatic rings. The molecule has 0 saturated heterocycles. The zero-order valence-corrected chi connectivity index (χ0v) is 16.9. The van der Waals surface area contributed by atoms with Crippen LogP contribution in [0.5, 0.6) is 0 Å². The van der Waals surface area contributed by atoms with Gasteiger partial charge >= 0.3 is 35.8 Å². The van der Waals surface area contributed by atoms with Crippen molar-refractivity contribution in [2.45, 2.75) is 35.5 Å². The largest absolute Gasteiger partial charge is 0.481 e. The Morgan fingerprint density at radius 3 is 1.59 bits per heavy atom. The Morgan fingerprint density at radius 2 is 1.22 bits per heavy atom. The lowest BCUT2D eigenvalue weighted by atomic mass is 9.83. The number of hydrogen-bond donors (Lipinski definition) is 8. The third-order valence-corrected chi connectivity index (χ3v) is 7.67. The van der Waals surface area contributed by atoms with E-state index in [4.69, 9.17) is 10.2 Å². The van der Waals surface area contributed by atoms with Gasteiger partial charge in [-0.25, -0.2) is 9.59 Å². The van der Waals surface area contributed by atoms with E-state index in [2.05, 4.69) is 0 Å². The molecule has 14 nitrogen and oxygen atoms in total. The Morgan fingerprint density at radius 1 is 0.750 bits per heavy atom. The first kappa shape index (κ1) is 26.3. The van der Waals surface area contributed by atoms with Gasteiger partial charge in [-0.3, -0.25) is 19.2 Å². The number of hydrogen-bond acceptors (Lipinski definition) is 8. The summed E-state index contributed by atoms with van der Waals surface area (Å²) in [5, 5.41) is 76.3. The van der Waals surface area contributed by atoms with Crippen LogP contribution in [0.2, 0.25) is 0 Å². The third kappa shape index (κ3) is 5.13.